The summed E-state index contributed by atoms with van der Waals surface area (Å²) in [6.45, 7) is 1.26. The fraction of sp³-hybridized carbons (Fsp3) is 0.917. The van der Waals surface area contributed by atoms with Crippen LogP contribution in [-0.2, 0) is 9.53 Å². The Kier molecular flexibility index (Phi) is 4.36. The first-order valence-corrected chi connectivity index (χ1v) is 6.42. The molecule has 17 heavy (non-hydrogen) atoms. The van der Waals surface area contributed by atoms with Crippen LogP contribution in [0.1, 0.15) is 19.3 Å². The van der Waals surface area contributed by atoms with Gasteiger partial charge in [-0.1, -0.05) is 6.42 Å². The molecule has 0 aromatic carbocycles. The van der Waals surface area contributed by atoms with Crippen molar-refractivity contribution in [2.75, 3.05) is 26.9 Å². The molecule has 3 N–H and O–H groups in total. The number of hydrogen-bond acceptors (Lipinski definition) is 4. The molecule has 2 rings (SSSR count). The van der Waals surface area contributed by atoms with Crippen LogP contribution in [0, 0.1) is 11.8 Å². The Bertz CT molecular complexity index is 272. The number of amides is 1. The first kappa shape index (κ1) is 12.8. The number of aliphatic hydroxyl groups excluding tert-OH is 1. The molecule has 1 saturated carbocycles. The van der Waals surface area contributed by atoms with E-state index in [2.05, 4.69) is 10.6 Å². The minimum Gasteiger partial charge on any atom is -0.396 e. The van der Waals surface area contributed by atoms with Gasteiger partial charge >= 0.3 is 0 Å². The van der Waals surface area contributed by atoms with Crippen molar-refractivity contribution >= 4 is 5.91 Å². The Balaban J connectivity index is 1.88. The molecule has 0 spiro atoms. The molecule has 5 heteroatoms. The van der Waals surface area contributed by atoms with Crippen molar-refractivity contribution in [3.8, 4) is 0 Å². The predicted octanol–water partition coefficient (Wildman–Crippen LogP) is -0.502. The second-order valence-corrected chi connectivity index (χ2v) is 5.03. The number of nitrogens with one attached hydrogen (secondary N) is 2. The fourth-order valence-corrected chi connectivity index (χ4v) is 2.83. The zero-order chi connectivity index (χ0) is 12.3. The van der Waals surface area contributed by atoms with Gasteiger partial charge in [-0.2, -0.15) is 0 Å². The summed E-state index contributed by atoms with van der Waals surface area (Å²) in [4.78, 5) is 12.1. The van der Waals surface area contributed by atoms with E-state index in [0.29, 0.717) is 13.2 Å². The molecule has 2 fully saturated rings. The Labute approximate surface area is 102 Å². The highest BCUT2D eigenvalue weighted by Crippen LogP contribution is 2.26. The van der Waals surface area contributed by atoms with Crippen LogP contribution >= 0.6 is 0 Å². The number of hydrogen-bond donors (Lipinski definition) is 3. The molecule has 2 aliphatic rings. The molecule has 1 aliphatic carbocycles. The lowest BCUT2D eigenvalue weighted by Crippen LogP contribution is -2.47. The van der Waals surface area contributed by atoms with Gasteiger partial charge in [0.25, 0.3) is 0 Å². The molecule has 0 aromatic heterocycles. The monoisotopic (exact) mass is 242 g/mol. The SMILES string of the molecule is CNC1COCC1C(=O)NC1CCCC1CO. The average Bonchev–Trinajstić information content (AvgIpc) is 2.96. The van der Waals surface area contributed by atoms with E-state index in [-0.39, 0.29) is 36.4 Å². The largest absolute Gasteiger partial charge is 0.396 e. The van der Waals surface area contributed by atoms with Gasteiger partial charge in [-0.15, -0.1) is 0 Å². The molecule has 1 amide bonds. The maximum Gasteiger partial charge on any atom is 0.227 e. The van der Waals surface area contributed by atoms with E-state index in [0.717, 1.165) is 19.3 Å². The molecule has 1 aliphatic heterocycles. The van der Waals surface area contributed by atoms with Crippen LogP contribution in [0.5, 0.6) is 0 Å². The third-order valence-corrected chi connectivity index (χ3v) is 4.01. The summed E-state index contributed by atoms with van der Waals surface area (Å²) in [5, 5.41) is 15.4. The summed E-state index contributed by atoms with van der Waals surface area (Å²) in [6, 6.07) is 0.259. The van der Waals surface area contributed by atoms with Gasteiger partial charge in [-0.3, -0.25) is 4.79 Å². The first-order valence-electron chi connectivity index (χ1n) is 6.42. The summed E-state index contributed by atoms with van der Waals surface area (Å²) >= 11 is 0. The van der Waals surface area contributed by atoms with Crippen LogP contribution in [-0.4, -0.2) is 50.0 Å². The van der Waals surface area contributed by atoms with Crippen molar-refractivity contribution < 1.29 is 14.6 Å². The van der Waals surface area contributed by atoms with Crippen LogP contribution in [0.2, 0.25) is 0 Å². The second kappa shape index (κ2) is 5.80. The lowest BCUT2D eigenvalue weighted by Gasteiger charge is -2.23. The molecule has 4 unspecified atom stereocenters. The van der Waals surface area contributed by atoms with Gasteiger partial charge in [0.2, 0.25) is 5.91 Å². The van der Waals surface area contributed by atoms with Crippen LogP contribution in [0.15, 0.2) is 0 Å². The summed E-state index contributed by atoms with van der Waals surface area (Å²) in [5.74, 6) is 0.196. The lowest BCUT2D eigenvalue weighted by atomic mass is 10.00. The van der Waals surface area contributed by atoms with E-state index < -0.39 is 0 Å². The quantitative estimate of drug-likeness (QED) is 0.621. The zero-order valence-electron chi connectivity index (χ0n) is 10.3. The maximum atomic E-state index is 12.1. The van der Waals surface area contributed by atoms with Gasteiger partial charge in [0, 0.05) is 24.6 Å². The van der Waals surface area contributed by atoms with Crippen molar-refractivity contribution in [1.82, 2.24) is 10.6 Å². The van der Waals surface area contributed by atoms with E-state index in [4.69, 9.17) is 4.74 Å². The number of ether oxygens (including phenoxy) is 1. The van der Waals surface area contributed by atoms with Crippen LogP contribution < -0.4 is 10.6 Å². The van der Waals surface area contributed by atoms with Crippen molar-refractivity contribution in [1.29, 1.82) is 0 Å². The fourth-order valence-electron chi connectivity index (χ4n) is 2.83. The average molecular weight is 242 g/mol. The molecule has 0 aromatic rings. The predicted molar refractivity (Wildman–Crippen MR) is 63.5 cm³/mol. The van der Waals surface area contributed by atoms with Gasteiger partial charge in [-0.25, -0.2) is 0 Å². The highest BCUT2D eigenvalue weighted by Gasteiger charge is 2.36. The zero-order valence-corrected chi connectivity index (χ0v) is 10.3. The lowest BCUT2D eigenvalue weighted by molar-refractivity contribution is -0.126. The Morgan fingerprint density at radius 3 is 2.88 bits per heavy atom. The Hall–Kier alpha value is -0.650. The van der Waals surface area contributed by atoms with E-state index in [1.165, 1.54) is 0 Å². The van der Waals surface area contributed by atoms with Crippen molar-refractivity contribution in [3.63, 3.8) is 0 Å². The number of aliphatic hydroxyl groups is 1. The topological polar surface area (TPSA) is 70.6 Å². The molecule has 5 nitrogen and oxygen atoms in total. The van der Waals surface area contributed by atoms with Gasteiger partial charge in [0.15, 0.2) is 0 Å². The van der Waals surface area contributed by atoms with Crippen molar-refractivity contribution in [3.05, 3.63) is 0 Å². The molecule has 0 radical (unpaired) electrons. The summed E-state index contributed by atoms with van der Waals surface area (Å²) in [6.07, 6.45) is 3.08. The summed E-state index contributed by atoms with van der Waals surface area (Å²) in [5.41, 5.74) is 0. The minimum atomic E-state index is -0.0973. The Morgan fingerprint density at radius 2 is 2.18 bits per heavy atom. The van der Waals surface area contributed by atoms with Gasteiger partial charge in [0.05, 0.1) is 19.1 Å². The molecule has 0 bridgehead atoms. The maximum absolute atomic E-state index is 12.1. The van der Waals surface area contributed by atoms with E-state index in [1.54, 1.807) is 0 Å². The standard InChI is InChI=1S/C12H22N2O3/c1-13-11-7-17-6-9(11)12(16)14-10-4-2-3-8(10)5-15/h8-11,13,15H,2-7H2,1H3,(H,14,16). The minimum absolute atomic E-state index is 0.0622. The first-order chi connectivity index (χ1) is 8.26. The number of rotatable bonds is 4. The Morgan fingerprint density at radius 1 is 1.35 bits per heavy atom. The highest BCUT2D eigenvalue weighted by molar-refractivity contribution is 5.80. The third-order valence-electron chi connectivity index (χ3n) is 4.01. The number of likely N-dealkylation sites (N-methyl/N-ethyl adjacent to an activating group) is 1. The van der Waals surface area contributed by atoms with Crippen molar-refractivity contribution in [2.45, 2.75) is 31.3 Å². The smallest absolute Gasteiger partial charge is 0.227 e. The van der Waals surface area contributed by atoms with Crippen LogP contribution in [0.25, 0.3) is 0 Å². The molecular formula is C12H22N2O3. The normalized spacial score (nSPS) is 37.3. The number of carbonyl (C=O) groups is 1. The summed E-state index contributed by atoms with van der Waals surface area (Å²) < 4.78 is 5.33. The molecule has 4 atom stereocenters. The third kappa shape index (κ3) is 2.78. The van der Waals surface area contributed by atoms with E-state index in [9.17, 15) is 9.90 Å². The molecule has 1 heterocycles. The van der Waals surface area contributed by atoms with Gasteiger partial charge in [-0.05, 0) is 19.9 Å². The van der Waals surface area contributed by atoms with Crippen molar-refractivity contribution in [2.24, 2.45) is 11.8 Å². The second-order valence-electron chi connectivity index (χ2n) is 5.03. The van der Waals surface area contributed by atoms with E-state index >= 15 is 0 Å². The molecular weight excluding hydrogens is 220 g/mol. The van der Waals surface area contributed by atoms with Gasteiger partial charge in [0.1, 0.15) is 0 Å². The highest BCUT2D eigenvalue weighted by atomic mass is 16.5. The van der Waals surface area contributed by atoms with Crippen LogP contribution in [0.4, 0.5) is 0 Å². The van der Waals surface area contributed by atoms with Crippen LogP contribution in [0.3, 0.4) is 0 Å². The molecule has 98 valence electrons. The van der Waals surface area contributed by atoms with E-state index in [1.807, 2.05) is 7.05 Å². The number of carbonyl (C=O) groups excluding carboxylic acids is 1. The van der Waals surface area contributed by atoms with Gasteiger partial charge < -0.3 is 20.5 Å². The molecule has 1 saturated heterocycles. The summed E-state index contributed by atoms with van der Waals surface area (Å²) in [7, 11) is 1.85.